The maximum absolute atomic E-state index is 4.29. The number of nitrogens with zero attached hydrogens (tertiary/aromatic N) is 8. The minimum Gasteiger partial charge on any atom is -0.200 e. The molecule has 0 fully saturated rings. The molecule has 0 aliphatic carbocycles. The summed E-state index contributed by atoms with van der Waals surface area (Å²) in [4.78, 5) is 0. The monoisotopic (exact) mass is 270 g/mol. The minimum absolute atomic E-state index is 0.348. The molecule has 3 heterocycles. The fraction of sp³-hybridized carbons (Fsp3) is 0.333. The molecule has 20 heavy (non-hydrogen) atoms. The Morgan fingerprint density at radius 3 is 1.25 bits per heavy atom. The van der Waals surface area contributed by atoms with E-state index < -0.39 is 0 Å². The molecule has 0 spiro atoms. The average Bonchev–Trinajstić information content (AvgIpc) is 2.92. The molecule has 0 saturated heterocycles. The van der Waals surface area contributed by atoms with Gasteiger partial charge in [-0.15, -0.1) is 20.4 Å². The van der Waals surface area contributed by atoms with E-state index in [1.807, 2.05) is 39.8 Å². The van der Waals surface area contributed by atoms with Crippen molar-refractivity contribution in [3.63, 3.8) is 0 Å². The van der Waals surface area contributed by atoms with Crippen LogP contribution in [0.1, 0.15) is 22.8 Å². The highest BCUT2D eigenvalue weighted by Crippen LogP contribution is 2.08. The van der Waals surface area contributed by atoms with Gasteiger partial charge < -0.3 is 0 Å². The summed E-state index contributed by atoms with van der Waals surface area (Å²) in [6.45, 7) is 7.68. The van der Waals surface area contributed by atoms with Gasteiger partial charge in [0.15, 0.2) is 0 Å². The predicted molar refractivity (Wildman–Crippen MR) is 70.8 cm³/mol. The summed E-state index contributed by atoms with van der Waals surface area (Å²) in [6, 6.07) is 3.89. The highest BCUT2D eigenvalue weighted by molar-refractivity contribution is 5.19. The zero-order valence-electron chi connectivity index (χ0n) is 11.7. The van der Waals surface area contributed by atoms with Crippen LogP contribution in [0.25, 0.3) is 11.9 Å². The van der Waals surface area contributed by atoms with Crippen LogP contribution < -0.4 is 0 Å². The van der Waals surface area contributed by atoms with Crippen molar-refractivity contribution in [2.24, 2.45) is 0 Å². The molecular weight excluding hydrogens is 256 g/mol. The molecule has 8 heteroatoms. The van der Waals surface area contributed by atoms with Gasteiger partial charge in [-0.1, -0.05) is 0 Å². The van der Waals surface area contributed by atoms with Gasteiger partial charge >= 0.3 is 0 Å². The smallest absolute Gasteiger partial charge is 0.200 e. The van der Waals surface area contributed by atoms with Gasteiger partial charge in [-0.05, 0) is 39.8 Å². The Morgan fingerprint density at radius 1 is 0.650 bits per heavy atom. The van der Waals surface area contributed by atoms with E-state index in [0.717, 1.165) is 22.8 Å². The maximum Gasteiger partial charge on any atom is 0.289 e. The predicted octanol–water partition coefficient (Wildman–Crippen LogP) is 0.872. The van der Waals surface area contributed by atoms with E-state index in [1.54, 1.807) is 9.36 Å². The summed E-state index contributed by atoms with van der Waals surface area (Å²) < 4.78 is 3.22. The van der Waals surface area contributed by atoms with Gasteiger partial charge in [0.25, 0.3) is 11.9 Å². The first-order chi connectivity index (χ1) is 9.54. The molecule has 3 rings (SSSR count). The van der Waals surface area contributed by atoms with E-state index >= 15 is 0 Å². The standard InChI is InChI=1S/C12H14N8/c1-7-5-9(3)19(17-7)11-13-15-12(16-14-11)20-10(4)6-8(2)18-20/h5-6H,1-4H3. The third-order valence-corrected chi connectivity index (χ3v) is 2.86. The molecule has 0 aliphatic heterocycles. The zero-order valence-corrected chi connectivity index (χ0v) is 11.7. The van der Waals surface area contributed by atoms with Crippen LogP contribution in [-0.2, 0) is 0 Å². The first kappa shape index (κ1) is 12.4. The molecule has 0 aromatic carbocycles. The normalized spacial score (nSPS) is 11.0. The fourth-order valence-corrected chi connectivity index (χ4v) is 2.05. The number of aryl methyl sites for hydroxylation is 4. The van der Waals surface area contributed by atoms with E-state index in [-0.39, 0.29) is 0 Å². The van der Waals surface area contributed by atoms with Crippen LogP contribution in [0.5, 0.6) is 0 Å². The molecule has 8 nitrogen and oxygen atoms in total. The van der Waals surface area contributed by atoms with Crippen LogP contribution in [0.3, 0.4) is 0 Å². The van der Waals surface area contributed by atoms with Crippen molar-refractivity contribution in [2.75, 3.05) is 0 Å². The molecule has 0 aliphatic rings. The molecule has 0 amide bonds. The van der Waals surface area contributed by atoms with Gasteiger partial charge in [-0.25, -0.2) is 9.36 Å². The fourth-order valence-electron chi connectivity index (χ4n) is 2.05. The Hall–Kier alpha value is -2.64. The topological polar surface area (TPSA) is 87.2 Å². The summed E-state index contributed by atoms with van der Waals surface area (Å²) in [5.74, 6) is 0.696. The average molecular weight is 270 g/mol. The van der Waals surface area contributed by atoms with Crippen LogP contribution in [0.2, 0.25) is 0 Å². The van der Waals surface area contributed by atoms with E-state index in [9.17, 15) is 0 Å². The lowest BCUT2D eigenvalue weighted by Crippen LogP contribution is -2.13. The zero-order chi connectivity index (χ0) is 14.3. The number of hydrogen-bond donors (Lipinski definition) is 0. The molecule has 0 unspecified atom stereocenters. The van der Waals surface area contributed by atoms with Crippen molar-refractivity contribution in [1.29, 1.82) is 0 Å². The SMILES string of the molecule is Cc1cc(C)n(-c2nnc(-n3nc(C)cc3C)nn2)n1. The van der Waals surface area contributed by atoms with Crippen LogP contribution >= 0.6 is 0 Å². The molecule has 3 aromatic heterocycles. The van der Waals surface area contributed by atoms with E-state index in [2.05, 4.69) is 30.6 Å². The second-order valence-electron chi connectivity index (χ2n) is 4.68. The van der Waals surface area contributed by atoms with Gasteiger partial charge in [0, 0.05) is 11.4 Å². The molecule has 3 aromatic rings. The Bertz CT molecular complexity index is 687. The highest BCUT2D eigenvalue weighted by atomic mass is 15.5. The number of hydrogen-bond acceptors (Lipinski definition) is 6. The van der Waals surface area contributed by atoms with Crippen molar-refractivity contribution in [2.45, 2.75) is 27.7 Å². The maximum atomic E-state index is 4.29. The highest BCUT2D eigenvalue weighted by Gasteiger charge is 2.11. The van der Waals surface area contributed by atoms with Gasteiger partial charge in [0.2, 0.25) is 0 Å². The molecular formula is C12H14N8. The lowest BCUT2D eigenvalue weighted by molar-refractivity contribution is 0.662. The van der Waals surface area contributed by atoms with Gasteiger partial charge in [-0.2, -0.15) is 10.2 Å². The van der Waals surface area contributed by atoms with Crippen molar-refractivity contribution in [1.82, 2.24) is 40.0 Å². The second kappa shape index (κ2) is 4.48. The lowest BCUT2D eigenvalue weighted by atomic mass is 10.4. The molecule has 0 saturated carbocycles. The van der Waals surface area contributed by atoms with Crippen molar-refractivity contribution < 1.29 is 0 Å². The van der Waals surface area contributed by atoms with Crippen LogP contribution in [0.15, 0.2) is 12.1 Å². The Balaban J connectivity index is 1.99. The summed E-state index contributed by atoms with van der Waals surface area (Å²) in [5, 5.41) is 24.9. The summed E-state index contributed by atoms with van der Waals surface area (Å²) in [7, 11) is 0. The van der Waals surface area contributed by atoms with E-state index in [4.69, 9.17) is 0 Å². The first-order valence-corrected chi connectivity index (χ1v) is 6.19. The summed E-state index contributed by atoms with van der Waals surface area (Å²) in [6.07, 6.45) is 0. The first-order valence-electron chi connectivity index (χ1n) is 6.19. The van der Waals surface area contributed by atoms with Crippen LogP contribution in [0.4, 0.5) is 0 Å². The third kappa shape index (κ3) is 2.04. The minimum atomic E-state index is 0.348. The quantitative estimate of drug-likeness (QED) is 0.686. The number of rotatable bonds is 2. The Morgan fingerprint density at radius 2 is 1.00 bits per heavy atom. The second-order valence-corrected chi connectivity index (χ2v) is 4.68. The molecule has 0 atom stereocenters. The van der Waals surface area contributed by atoms with Crippen molar-refractivity contribution in [3.8, 4) is 11.9 Å². The summed E-state index contributed by atoms with van der Waals surface area (Å²) >= 11 is 0. The molecule has 0 bridgehead atoms. The largest absolute Gasteiger partial charge is 0.289 e. The molecule has 102 valence electrons. The van der Waals surface area contributed by atoms with E-state index in [1.165, 1.54) is 0 Å². The number of aromatic nitrogens is 8. The van der Waals surface area contributed by atoms with Crippen LogP contribution in [-0.4, -0.2) is 40.0 Å². The Kier molecular flexibility index (Phi) is 2.78. The van der Waals surface area contributed by atoms with Crippen molar-refractivity contribution in [3.05, 3.63) is 34.9 Å². The Labute approximate surface area is 115 Å². The molecule has 0 N–H and O–H groups in total. The van der Waals surface area contributed by atoms with E-state index in [0.29, 0.717) is 11.9 Å². The lowest BCUT2D eigenvalue weighted by Gasteiger charge is -2.02. The molecule has 0 radical (unpaired) electrons. The van der Waals surface area contributed by atoms with Gasteiger partial charge in [-0.3, -0.25) is 0 Å². The van der Waals surface area contributed by atoms with Crippen LogP contribution in [0, 0.1) is 27.7 Å². The van der Waals surface area contributed by atoms with Gasteiger partial charge in [0.05, 0.1) is 11.4 Å². The van der Waals surface area contributed by atoms with Crippen molar-refractivity contribution >= 4 is 0 Å². The summed E-state index contributed by atoms with van der Waals surface area (Å²) in [5.41, 5.74) is 3.66. The van der Waals surface area contributed by atoms with Gasteiger partial charge in [0.1, 0.15) is 0 Å². The third-order valence-electron chi connectivity index (χ3n) is 2.86.